The number of rotatable bonds is 5. The van der Waals surface area contributed by atoms with Crippen molar-refractivity contribution in [1.29, 1.82) is 0 Å². The van der Waals surface area contributed by atoms with Crippen LogP contribution in [-0.4, -0.2) is 33.6 Å². The molecule has 0 bridgehead atoms. The molecule has 31 heavy (non-hydrogen) atoms. The zero-order valence-corrected chi connectivity index (χ0v) is 18.4. The summed E-state index contributed by atoms with van der Waals surface area (Å²) in [4.78, 5) is 12.7. The second-order valence-electron chi connectivity index (χ2n) is 8.18. The highest BCUT2D eigenvalue weighted by molar-refractivity contribution is 7.92. The Labute approximate surface area is 183 Å². The zero-order valence-electron chi connectivity index (χ0n) is 17.6. The van der Waals surface area contributed by atoms with Crippen molar-refractivity contribution in [2.75, 3.05) is 17.9 Å². The van der Waals surface area contributed by atoms with E-state index in [9.17, 15) is 13.2 Å². The molecule has 2 atom stereocenters. The van der Waals surface area contributed by atoms with Gasteiger partial charge in [-0.15, -0.1) is 0 Å². The van der Waals surface area contributed by atoms with E-state index in [1.165, 1.54) is 18.6 Å². The Hall–Kier alpha value is -2.74. The molecule has 166 valence electrons. The van der Waals surface area contributed by atoms with Gasteiger partial charge in [-0.1, -0.05) is 19.8 Å². The van der Waals surface area contributed by atoms with Crippen LogP contribution in [0.1, 0.15) is 49.4 Å². The predicted octanol–water partition coefficient (Wildman–Crippen LogP) is 3.96. The number of hydrogen-bond acceptors (Lipinski definition) is 5. The van der Waals surface area contributed by atoms with E-state index < -0.39 is 10.0 Å². The molecular formula is C23H28N2O5S. The number of carbonyl (C=O) groups is 1. The van der Waals surface area contributed by atoms with E-state index in [1.807, 2.05) is 0 Å². The number of ether oxygens (including phenoxy) is 2. The largest absolute Gasteiger partial charge is 0.490 e. The van der Waals surface area contributed by atoms with Crippen molar-refractivity contribution >= 4 is 21.6 Å². The van der Waals surface area contributed by atoms with E-state index in [1.54, 1.807) is 30.3 Å². The highest BCUT2D eigenvalue weighted by Crippen LogP contribution is 2.32. The van der Waals surface area contributed by atoms with Crippen LogP contribution in [-0.2, 0) is 10.0 Å². The van der Waals surface area contributed by atoms with E-state index in [-0.39, 0.29) is 16.8 Å². The van der Waals surface area contributed by atoms with E-state index in [2.05, 4.69) is 17.0 Å². The molecule has 4 rings (SSSR count). The summed E-state index contributed by atoms with van der Waals surface area (Å²) in [5.41, 5.74) is 0.894. The van der Waals surface area contributed by atoms with Gasteiger partial charge in [-0.3, -0.25) is 9.52 Å². The molecule has 1 aliphatic heterocycles. The molecule has 2 N–H and O–H groups in total. The fraction of sp³-hybridized carbons (Fsp3) is 0.435. The Morgan fingerprint density at radius 2 is 1.65 bits per heavy atom. The third-order valence-corrected chi connectivity index (χ3v) is 7.24. The molecule has 1 saturated carbocycles. The van der Waals surface area contributed by atoms with Crippen LogP contribution in [0, 0.1) is 5.92 Å². The molecule has 1 amide bonds. The number of anilines is 1. The number of sulfonamides is 1. The molecule has 0 aromatic heterocycles. The first-order valence-electron chi connectivity index (χ1n) is 10.8. The molecule has 0 saturated heterocycles. The molecule has 8 heteroatoms. The monoisotopic (exact) mass is 444 g/mol. The fourth-order valence-corrected chi connectivity index (χ4v) is 5.07. The smallest absolute Gasteiger partial charge is 0.262 e. The molecular weight excluding hydrogens is 416 g/mol. The van der Waals surface area contributed by atoms with Crippen molar-refractivity contribution in [2.45, 2.75) is 50.0 Å². The second-order valence-corrected chi connectivity index (χ2v) is 9.87. The normalized spacial score (nSPS) is 21.1. The van der Waals surface area contributed by atoms with E-state index in [4.69, 9.17) is 9.47 Å². The van der Waals surface area contributed by atoms with Gasteiger partial charge in [0.1, 0.15) is 0 Å². The maximum Gasteiger partial charge on any atom is 0.262 e. The van der Waals surface area contributed by atoms with Gasteiger partial charge in [-0.25, -0.2) is 8.42 Å². The standard InChI is InChI=1S/C23H28N2O5S/c1-16-5-2-3-6-20(16)24-23(26)17-7-9-18(10-8-17)25-31(27,28)19-11-12-21-22(15-19)30-14-4-13-29-21/h7-12,15-16,20,25H,2-6,13-14H2,1H3,(H,24,26). The van der Waals surface area contributed by atoms with Gasteiger partial charge in [0, 0.05) is 29.8 Å². The minimum absolute atomic E-state index is 0.0878. The van der Waals surface area contributed by atoms with E-state index in [0.717, 1.165) is 25.7 Å². The van der Waals surface area contributed by atoms with Gasteiger partial charge in [-0.05, 0) is 55.2 Å². The summed E-state index contributed by atoms with van der Waals surface area (Å²) in [6, 6.07) is 11.2. The average Bonchev–Trinajstić information content (AvgIpc) is 3.00. The Morgan fingerprint density at radius 1 is 0.935 bits per heavy atom. The Morgan fingerprint density at radius 3 is 2.39 bits per heavy atom. The first-order chi connectivity index (χ1) is 14.9. The lowest BCUT2D eigenvalue weighted by Gasteiger charge is -2.29. The zero-order chi connectivity index (χ0) is 21.8. The average molecular weight is 445 g/mol. The summed E-state index contributed by atoms with van der Waals surface area (Å²) in [6.45, 7) is 3.19. The second kappa shape index (κ2) is 9.18. The van der Waals surface area contributed by atoms with Gasteiger partial charge in [0.15, 0.2) is 11.5 Å². The Balaban J connectivity index is 1.43. The molecule has 2 unspecified atom stereocenters. The quantitative estimate of drug-likeness (QED) is 0.728. The molecule has 0 spiro atoms. The van der Waals surface area contributed by atoms with Crippen molar-refractivity contribution in [1.82, 2.24) is 5.32 Å². The van der Waals surface area contributed by atoms with Crippen LogP contribution < -0.4 is 19.5 Å². The third-order valence-electron chi connectivity index (χ3n) is 5.86. The van der Waals surface area contributed by atoms with Gasteiger partial charge in [0.25, 0.3) is 15.9 Å². The number of hydrogen-bond donors (Lipinski definition) is 2. The predicted molar refractivity (Wildman–Crippen MR) is 118 cm³/mol. The van der Waals surface area contributed by atoms with Crippen molar-refractivity contribution in [3.05, 3.63) is 48.0 Å². The van der Waals surface area contributed by atoms with Crippen LogP contribution in [0.25, 0.3) is 0 Å². The van der Waals surface area contributed by atoms with E-state index in [0.29, 0.717) is 41.9 Å². The minimum atomic E-state index is -3.81. The van der Waals surface area contributed by atoms with Gasteiger partial charge < -0.3 is 14.8 Å². The highest BCUT2D eigenvalue weighted by Gasteiger charge is 2.23. The summed E-state index contributed by atoms with van der Waals surface area (Å²) in [5.74, 6) is 1.30. The summed E-state index contributed by atoms with van der Waals surface area (Å²) < 4.78 is 39.3. The highest BCUT2D eigenvalue weighted by atomic mass is 32.2. The summed E-state index contributed by atoms with van der Waals surface area (Å²) in [7, 11) is -3.81. The lowest BCUT2D eigenvalue weighted by atomic mass is 9.86. The van der Waals surface area contributed by atoms with Crippen LogP contribution in [0.15, 0.2) is 47.4 Å². The van der Waals surface area contributed by atoms with Gasteiger partial charge in [0.2, 0.25) is 0 Å². The maximum atomic E-state index is 12.8. The van der Waals surface area contributed by atoms with Crippen LogP contribution in [0.2, 0.25) is 0 Å². The van der Waals surface area contributed by atoms with Crippen LogP contribution >= 0.6 is 0 Å². The number of benzene rings is 2. The van der Waals surface area contributed by atoms with Crippen LogP contribution in [0.3, 0.4) is 0 Å². The van der Waals surface area contributed by atoms with Crippen LogP contribution in [0.4, 0.5) is 5.69 Å². The molecule has 7 nitrogen and oxygen atoms in total. The lowest BCUT2D eigenvalue weighted by molar-refractivity contribution is 0.0910. The lowest BCUT2D eigenvalue weighted by Crippen LogP contribution is -2.41. The molecule has 1 fully saturated rings. The summed E-state index contributed by atoms with van der Waals surface area (Å²) in [6.07, 6.45) is 5.22. The summed E-state index contributed by atoms with van der Waals surface area (Å²) >= 11 is 0. The number of nitrogens with one attached hydrogen (secondary N) is 2. The number of carbonyl (C=O) groups excluding carboxylic acids is 1. The molecule has 1 aliphatic carbocycles. The SMILES string of the molecule is CC1CCCCC1NC(=O)c1ccc(NS(=O)(=O)c2ccc3c(c2)OCCCO3)cc1. The van der Waals surface area contributed by atoms with Crippen molar-refractivity contribution in [3.63, 3.8) is 0 Å². The van der Waals surface area contributed by atoms with E-state index >= 15 is 0 Å². The molecule has 2 aromatic carbocycles. The van der Waals surface area contributed by atoms with Crippen molar-refractivity contribution < 1.29 is 22.7 Å². The number of fused-ring (bicyclic) bond motifs is 1. The minimum Gasteiger partial charge on any atom is -0.490 e. The first-order valence-corrected chi connectivity index (χ1v) is 12.2. The maximum absolute atomic E-state index is 12.8. The topological polar surface area (TPSA) is 93.7 Å². The Kier molecular flexibility index (Phi) is 6.36. The van der Waals surface area contributed by atoms with Gasteiger partial charge in [-0.2, -0.15) is 0 Å². The van der Waals surface area contributed by atoms with Crippen molar-refractivity contribution in [3.8, 4) is 11.5 Å². The Bertz CT molecular complexity index is 1040. The molecule has 0 radical (unpaired) electrons. The molecule has 2 aromatic rings. The third kappa shape index (κ3) is 5.12. The summed E-state index contributed by atoms with van der Waals surface area (Å²) in [5, 5.41) is 3.11. The fourth-order valence-electron chi connectivity index (χ4n) is 4.00. The molecule has 1 heterocycles. The van der Waals surface area contributed by atoms with Gasteiger partial charge in [0.05, 0.1) is 18.1 Å². The molecule has 2 aliphatic rings. The van der Waals surface area contributed by atoms with Crippen LogP contribution in [0.5, 0.6) is 11.5 Å². The van der Waals surface area contributed by atoms with Gasteiger partial charge >= 0.3 is 0 Å². The van der Waals surface area contributed by atoms with Crippen molar-refractivity contribution in [2.24, 2.45) is 5.92 Å². The first kappa shape index (κ1) is 21.5. The number of amides is 1.